The van der Waals surface area contributed by atoms with Crippen LogP contribution in [0.1, 0.15) is 45.5 Å². The summed E-state index contributed by atoms with van der Waals surface area (Å²) in [6.45, 7) is 8.00. The lowest BCUT2D eigenvalue weighted by molar-refractivity contribution is -0.104. The lowest BCUT2D eigenvalue weighted by atomic mass is 9.97. The van der Waals surface area contributed by atoms with Gasteiger partial charge < -0.3 is 33.8 Å². The molecule has 2 amide bonds. The largest absolute Gasteiger partial charge is 0.504 e. The lowest BCUT2D eigenvalue weighted by Crippen LogP contribution is -2.52. The molecular formula is C54H64N3O9PSi. The van der Waals surface area contributed by atoms with E-state index in [0.717, 1.165) is 39.4 Å². The molecule has 12 nitrogen and oxygen atoms in total. The molecule has 0 radical (unpaired) electrons. The monoisotopic (exact) mass is 957 g/mol. The van der Waals surface area contributed by atoms with Gasteiger partial charge in [0.2, 0.25) is 0 Å². The highest BCUT2D eigenvalue weighted by atomic mass is 31.2. The van der Waals surface area contributed by atoms with E-state index in [1.54, 1.807) is 29.3 Å². The highest BCUT2D eigenvalue weighted by molar-refractivity contribution is 7.52. The predicted octanol–water partition coefficient (Wildman–Crippen LogP) is 11.0. The van der Waals surface area contributed by atoms with Crippen LogP contribution in [0.4, 0.5) is 4.79 Å². The third-order valence-corrected chi connectivity index (χ3v) is 14.7. The van der Waals surface area contributed by atoms with Crippen LogP contribution in [0.15, 0.2) is 164 Å². The Morgan fingerprint density at radius 3 is 2.01 bits per heavy atom. The van der Waals surface area contributed by atoms with Crippen molar-refractivity contribution in [3.05, 3.63) is 197 Å². The van der Waals surface area contributed by atoms with Crippen LogP contribution in [-0.4, -0.2) is 79.6 Å². The van der Waals surface area contributed by atoms with Crippen molar-refractivity contribution in [2.45, 2.75) is 75.8 Å². The standard InChI is InChI=1S/C54H64N3O9PSi/c1-62-52-35-44(28-29-50(52)58)38-56-49(33-42-20-11-6-12-21-42)53(64-39-63-30-31-68(2,3)4)37-55-57(54(56)59)48(32-41-18-9-5-10-19-41)46-26-17-27-47(36-46)65-40-67(60,61)66-51(45-24-15-8-16-25-45)34-43-22-13-7-14-23-43/h5-29,35-36,48-49,51,53,55,58H,30-34,37-40H2,1-4H3,(H,60,61). The Morgan fingerprint density at radius 2 is 1.37 bits per heavy atom. The summed E-state index contributed by atoms with van der Waals surface area (Å²) in [7, 11) is -4.18. The zero-order chi connectivity index (χ0) is 47.9. The average Bonchev–Trinajstić information content (AvgIpc) is 3.46. The molecule has 6 aromatic carbocycles. The maximum Gasteiger partial charge on any atom is 0.365 e. The van der Waals surface area contributed by atoms with Crippen molar-refractivity contribution in [3.63, 3.8) is 0 Å². The van der Waals surface area contributed by atoms with Crippen molar-refractivity contribution in [2.24, 2.45) is 0 Å². The van der Waals surface area contributed by atoms with E-state index in [1.165, 1.54) is 7.11 Å². The van der Waals surface area contributed by atoms with E-state index >= 15 is 4.79 Å². The molecule has 3 N–H and O–H groups in total. The molecule has 1 fully saturated rings. The van der Waals surface area contributed by atoms with Gasteiger partial charge in [-0.15, -0.1) is 0 Å². The lowest BCUT2D eigenvalue weighted by Gasteiger charge is -2.37. The summed E-state index contributed by atoms with van der Waals surface area (Å²) >= 11 is 0. The van der Waals surface area contributed by atoms with Crippen molar-refractivity contribution in [1.82, 2.24) is 15.3 Å². The van der Waals surface area contributed by atoms with Gasteiger partial charge in [-0.05, 0) is 76.5 Å². The predicted molar refractivity (Wildman–Crippen MR) is 268 cm³/mol. The highest BCUT2D eigenvalue weighted by Crippen LogP contribution is 2.48. The van der Waals surface area contributed by atoms with Gasteiger partial charge >= 0.3 is 13.6 Å². The molecule has 1 saturated heterocycles. The van der Waals surface area contributed by atoms with Crippen molar-refractivity contribution in [3.8, 4) is 17.2 Å². The van der Waals surface area contributed by atoms with Crippen LogP contribution in [0.5, 0.6) is 17.2 Å². The number of amides is 2. The first-order valence-corrected chi connectivity index (χ1v) is 28.6. The maximum atomic E-state index is 15.6. The number of hydrazine groups is 1. The van der Waals surface area contributed by atoms with Crippen LogP contribution in [0.2, 0.25) is 25.7 Å². The zero-order valence-electron chi connectivity index (χ0n) is 39.4. The van der Waals surface area contributed by atoms with Crippen molar-refractivity contribution in [1.29, 1.82) is 0 Å². The maximum absolute atomic E-state index is 15.6. The molecule has 5 unspecified atom stereocenters. The summed E-state index contributed by atoms with van der Waals surface area (Å²) in [5.74, 6) is 0.634. The molecular weight excluding hydrogens is 894 g/mol. The van der Waals surface area contributed by atoms with E-state index in [1.807, 2.05) is 132 Å². The fourth-order valence-electron chi connectivity index (χ4n) is 8.26. The molecule has 358 valence electrons. The molecule has 1 aliphatic rings. The summed E-state index contributed by atoms with van der Waals surface area (Å²) in [4.78, 5) is 28.8. The minimum absolute atomic E-state index is 0.00316. The van der Waals surface area contributed by atoms with E-state index in [0.29, 0.717) is 37.4 Å². The molecule has 0 spiro atoms. The Hall–Kier alpha value is -5.76. The summed E-state index contributed by atoms with van der Waals surface area (Å²) < 4.78 is 44.2. The molecule has 0 saturated carbocycles. The fraction of sp³-hybridized carbons (Fsp3) is 0.315. The molecule has 1 aliphatic heterocycles. The van der Waals surface area contributed by atoms with Crippen molar-refractivity contribution >= 4 is 21.7 Å². The SMILES string of the molecule is COc1cc(CN2C(=O)N(C(Cc3ccccc3)c3cccc(OCP(=O)(O)OC(Cc4ccccc4)c4ccccc4)c3)NCC(OCOCC[Si](C)(C)C)C2Cc2ccccc2)ccc1O. The number of benzene rings is 6. The summed E-state index contributed by atoms with van der Waals surface area (Å²) in [6, 6.07) is 51.1. The van der Waals surface area contributed by atoms with Crippen LogP contribution < -0.4 is 14.9 Å². The number of hydrogen-bond donors (Lipinski definition) is 3. The second-order valence-corrected chi connectivity index (χ2v) is 25.7. The number of carbonyl (C=O) groups is 1. The van der Waals surface area contributed by atoms with E-state index in [2.05, 4.69) is 37.2 Å². The number of hydrogen-bond acceptors (Lipinski definition) is 9. The number of carbonyl (C=O) groups excluding carboxylic acids is 1. The zero-order valence-corrected chi connectivity index (χ0v) is 41.3. The van der Waals surface area contributed by atoms with E-state index in [-0.39, 0.29) is 31.7 Å². The van der Waals surface area contributed by atoms with Gasteiger partial charge in [0.15, 0.2) is 17.8 Å². The molecule has 68 heavy (non-hydrogen) atoms. The molecule has 6 aromatic rings. The van der Waals surface area contributed by atoms with Gasteiger partial charge in [-0.1, -0.05) is 159 Å². The fourth-order valence-corrected chi connectivity index (χ4v) is 9.99. The smallest absolute Gasteiger partial charge is 0.365 e. The number of aromatic hydroxyl groups is 1. The Morgan fingerprint density at radius 1 is 0.750 bits per heavy atom. The van der Waals surface area contributed by atoms with Crippen molar-refractivity contribution < 1.29 is 42.8 Å². The first kappa shape index (κ1) is 50.1. The quantitative estimate of drug-likeness (QED) is 0.0246. The minimum atomic E-state index is -4.32. The number of ether oxygens (including phenoxy) is 4. The molecule has 5 atom stereocenters. The molecule has 0 aliphatic carbocycles. The van der Waals surface area contributed by atoms with Gasteiger partial charge in [0.25, 0.3) is 0 Å². The Kier molecular flexibility index (Phi) is 17.7. The number of nitrogens with zero attached hydrogens (tertiary/aromatic N) is 2. The molecule has 0 aromatic heterocycles. The normalized spacial score (nSPS) is 17.2. The first-order valence-electron chi connectivity index (χ1n) is 23.1. The van der Waals surface area contributed by atoms with Gasteiger partial charge in [0, 0.05) is 34.2 Å². The molecule has 0 bridgehead atoms. The summed E-state index contributed by atoms with van der Waals surface area (Å²) in [6.07, 6.45) is -0.503. The second kappa shape index (κ2) is 24.0. The summed E-state index contributed by atoms with van der Waals surface area (Å²) in [5, 5.41) is 12.2. The van der Waals surface area contributed by atoms with Crippen molar-refractivity contribution in [2.75, 3.05) is 33.4 Å². The second-order valence-electron chi connectivity index (χ2n) is 18.3. The van der Waals surface area contributed by atoms with Gasteiger partial charge in [0.1, 0.15) is 12.5 Å². The molecule has 7 rings (SSSR count). The number of phenols is 1. The van der Waals surface area contributed by atoms with Gasteiger partial charge in [-0.25, -0.2) is 10.2 Å². The highest BCUT2D eigenvalue weighted by Gasteiger charge is 2.41. The van der Waals surface area contributed by atoms with E-state index < -0.39 is 46.3 Å². The first-order chi connectivity index (χ1) is 32.8. The third kappa shape index (κ3) is 14.6. The van der Waals surface area contributed by atoms with Gasteiger partial charge in [0.05, 0.1) is 31.4 Å². The number of phenolic OH excluding ortho intramolecular Hbond substituents is 1. The molecule has 1 heterocycles. The van der Waals surface area contributed by atoms with E-state index in [9.17, 15) is 14.6 Å². The third-order valence-electron chi connectivity index (χ3n) is 11.9. The van der Waals surface area contributed by atoms with Crippen LogP contribution in [-0.2, 0) is 44.4 Å². The molecule has 14 heteroatoms. The Balaban J connectivity index is 1.20. The van der Waals surface area contributed by atoms with E-state index in [4.69, 9.17) is 23.5 Å². The summed E-state index contributed by atoms with van der Waals surface area (Å²) in [5.41, 5.74) is 8.76. The van der Waals surface area contributed by atoms with Gasteiger partial charge in [-0.2, -0.15) is 0 Å². The number of rotatable bonds is 23. The van der Waals surface area contributed by atoms with Crippen LogP contribution in [0, 0.1) is 0 Å². The number of nitrogens with one attached hydrogen (secondary N) is 1. The number of methoxy groups -OCH3 is 1. The van der Waals surface area contributed by atoms with Crippen LogP contribution in [0.3, 0.4) is 0 Å². The van der Waals surface area contributed by atoms with Crippen LogP contribution in [0.25, 0.3) is 0 Å². The topological polar surface area (TPSA) is 139 Å². The Labute approximate surface area is 401 Å². The average molecular weight is 958 g/mol. The van der Waals surface area contributed by atoms with Gasteiger partial charge in [-0.3, -0.25) is 14.1 Å². The number of urea groups is 1. The Bertz CT molecular complexity index is 2540. The van der Waals surface area contributed by atoms with Crippen LogP contribution >= 0.6 is 7.60 Å². The minimum Gasteiger partial charge on any atom is -0.504 e.